The molecule has 0 radical (unpaired) electrons. The van der Waals surface area contributed by atoms with Gasteiger partial charge in [0.05, 0.1) is 11.7 Å². The summed E-state index contributed by atoms with van der Waals surface area (Å²) in [5, 5.41) is 2.25. The van der Waals surface area contributed by atoms with Gasteiger partial charge in [-0.25, -0.2) is 9.97 Å². The minimum atomic E-state index is 0.184. The number of nitrogens with zero attached hydrogens (tertiary/aromatic N) is 3. The van der Waals surface area contributed by atoms with Crippen LogP contribution in [0.5, 0.6) is 0 Å². The zero-order valence-electron chi connectivity index (χ0n) is 14.2. The van der Waals surface area contributed by atoms with Crippen LogP contribution < -0.4 is 4.90 Å². The topological polar surface area (TPSA) is 61.9 Å². The smallest absolute Gasteiger partial charge is 0.159 e. The van der Waals surface area contributed by atoms with Crippen molar-refractivity contribution in [1.29, 1.82) is 0 Å². The highest BCUT2D eigenvalue weighted by atomic mass is 16.1. The van der Waals surface area contributed by atoms with E-state index in [4.69, 9.17) is 0 Å². The molecular weight excluding hydrogens is 312 g/mol. The van der Waals surface area contributed by atoms with Gasteiger partial charge in [0.2, 0.25) is 0 Å². The Balaban J connectivity index is 1.51. The zero-order chi connectivity index (χ0) is 16.8. The van der Waals surface area contributed by atoms with Crippen molar-refractivity contribution in [3.8, 4) is 0 Å². The Kier molecular flexibility index (Phi) is 3.47. The highest BCUT2D eigenvalue weighted by molar-refractivity contribution is 6.10. The number of fused-ring (bicyclic) bond motifs is 3. The Morgan fingerprint density at radius 2 is 2.16 bits per heavy atom. The van der Waals surface area contributed by atoms with E-state index in [1.165, 1.54) is 23.9 Å². The zero-order valence-corrected chi connectivity index (χ0v) is 14.2. The maximum Gasteiger partial charge on any atom is 0.159 e. The van der Waals surface area contributed by atoms with E-state index in [9.17, 15) is 4.79 Å². The lowest BCUT2D eigenvalue weighted by Crippen LogP contribution is -2.39. The monoisotopic (exact) mass is 334 g/mol. The summed E-state index contributed by atoms with van der Waals surface area (Å²) in [6.07, 6.45) is 11.0. The number of ketones is 1. The quantitative estimate of drug-likeness (QED) is 0.790. The number of carbonyl (C=O) groups is 1. The van der Waals surface area contributed by atoms with Gasteiger partial charge in [-0.3, -0.25) is 4.79 Å². The van der Waals surface area contributed by atoms with Gasteiger partial charge in [-0.2, -0.15) is 0 Å². The number of anilines is 1. The summed E-state index contributed by atoms with van der Waals surface area (Å²) in [6.45, 7) is 1.84. The molecule has 5 rings (SSSR count). The molecule has 1 aliphatic carbocycles. The molecule has 1 atom stereocenters. The van der Waals surface area contributed by atoms with E-state index in [0.29, 0.717) is 11.7 Å². The summed E-state index contributed by atoms with van der Waals surface area (Å²) in [7, 11) is 0. The van der Waals surface area contributed by atoms with Crippen molar-refractivity contribution in [2.24, 2.45) is 11.8 Å². The first-order valence-electron chi connectivity index (χ1n) is 9.28. The van der Waals surface area contributed by atoms with Crippen LogP contribution in [0.25, 0.3) is 21.9 Å². The third-order valence-electron chi connectivity index (χ3n) is 5.67. The lowest BCUT2D eigenvalue weighted by atomic mass is 9.90. The van der Waals surface area contributed by atoms with Gasteiger partial charge in [0.1, 0.15) is 5.78 Å². The third-order valence-corrected chi connectivity index (χ3v) is 5.67. The van der Waals surface area contributed by atoms with Crippen molar-refractivity contribution in [3.63, 3.8) is 0 Å². The van der Waals surface area contributed by atoms with Crippen LogP contribution in [0.2, 0.25) is 0 Å². The predicted molar refractivity (Wildman–Crippen MR) is 98.7 cm³/mol. The largest absolute Gasteiger partial charge is 0.370 e. The summed E-state index contributed by atoms with van der Waals surface area (Å²) >= 11 is 0. The lowest BCUT2D eigenvalue weighted by molar-refractivity contribution is -0.123. The van der Waals surface area contributed by atoms with Crippen molar-refractivity contribution < 1.29 is 4.79 Å². The molecule has 2 aliphatic rings. The minimum absolute atomic E-state index is 0.184. The first-order chi connectivity index (χ1) is 12.3. The SMILES string of the molecule is O=C(CC1CC1)[C@@H]1CCCN(c2cc[nH]c3cnc4nccc4c23)C1. The van der Waals surface area contributed by atoms with E-state index in [2.05, 4.69) is 25.9 Å². The second kappa shape index (κ2) is 5.83. The van der Waals surface area contributed by atoms with Gasteiger partial charge >= 0.3 is 0 Å². The summed E-state index contributed by atoms with van der Waals surface area (Å²) in [6, 6.07) is 4.16. The molecule has 128 valence electrons. The Bertz CT molecular complexity index is 943. The molecule has 0 aromatic carbocycles. The summed E-state index contributed by atoms with van der Waals surface area (Å²) < 4.78 is 0. The highest BCUT2D eigenvalue weighted by Gasteiger charge is 2.31. The van der Waals surface area contributed by atoms with Gasteiger partial charge in [-0.05, 0) is 43.7 Å². The van der Waals surface area contributed by atoms with Crippen LogP contribution in [-0.2, 0) is 4.79 Å². The number of pyridine rings is 2. The average Bonchev–Trinajstić information content (AvgIpc) is 3.33. The number of hydrogen-bond donors (Lipinski definition) is 1. The van der Waals surface area contributed by atoms with Crippen LogP contribution >= 0.6 is 0 Å². The number of H-pyrrole nitrogens is 1. The van der Waals surface area contributed by atoms with E-state index in [-0.39, 0.29) is 5.92 Å². The van der Waals surface area contributed by atoms with Gasteiger partial charge < -0.3 is 9.88 Å². The normalized spacial score (nSPS) is 21.1. The Hall–Kier alpha value is -2.43. The highest BCUT2D eigenvalue weighted by Crippen LogP contribution is 2.36. The fourth-order valence-corrected chi connectivity index (χ4v) is 4.13. The molecule has 1 saturated carbocycles. The first-order valence-corrected chi connectivity index (χ1v) is 9.28. The molecule has 1 aliphatic heterocycles. The third kappa shape index (κ3) is 2.68. The van der Waals surface area contributed by atoms with Gasteiger partial charge in [0.25, 0.3) is 0 Å². The van der Waals surface area contributed by atoms with E-state index < -0.39 is 0 Å². The Labute approximate surface area is 146 Å². The predicted octanol–water partition coefficient (Wildman–Crippen LogP) is 3.70. The van der Waals surface area contributed by atoms with E-state index in [1.807, 2.05) is 24.7 Å². The average molecular weight is 334 g/mol. The van der Waals surface area contributed by atoms with Crippen molar-refractivity contribution >= 4 is 33.4 Å². The fourth-order valence-electron chi connectivity index (χ4n) is 4.13. The van der Waals surface area contributed by atoms with Crippen molar-refractivity contribution in [2.45, 2.75) is 32.1 Å². The number of carbonyl (C=O) groups excluding carboxylic acids is 1. The summed E-state index contributed by atoms with van der Waals surface area (Å²) in [4.78, 5) is 27.1. The molecule has 25 heavy (non-hydrogen) atoms. The second-order valence-electron chi connectivity index (χ2n) is 7.49. The molecule has 0 bridgehead atoms. The summed E-state index contributed by atoms with van der Waals surface area (Å²) in [5.41, 5.74) is 2.99. The number of piperidine rings is 1. The number of rotatable bonds is 4. The molecule has 5 heteroatoms. The molecule has 3 aromatic rings. The molecule has 2 fully saturated rings. The van der Waals surface area contributed by atoms with Gasteiger partial charge in [0.15, 0.2) is 5.65 Å². The molecule has 1 N–H and O–H groups in total. The second-order valence-corrected chi connectivity index (χ2v) is 7.49. The van der Waals surface area contributed by atoms with Crippen LogP contribution in [0.4, 0.5) is 5.69 Å². The van der Waals surface area contributed by atoms with Crippen LogP contribution in [0, 0.1) is 11.8 Å². The lowest BCUT2D eigenvalue weighted by Gasteiger charge is -2.34. The number of nitrogens with one attached hydrogen (secondary N) is 1. The maximum absolute atomic E-state index is 12.6. The minimum Gasteiger partial charge on any atom is -0.370 e. The maximum atomic E-state index is 12.6. The molecule has 0 amide bonds. The molecule has 5 nitrogen and oxygen atoms in total. The molecule has 3 aromatic heterocycles. The molecular formula is C20H22N4O. The van der Waals surface area contributed by atoms with Crippen molar-refractivity contribution in [3.05, 3.63) is 30.7 Å². The number of aromatic nitrogens is 3. The van der Waals surface area contributed by atoms with Crippen molar-refractivity contribution in [1.82, 2.24) is 15.0 Å². The van der Waals surface area contributed by atoms with Crippen LogP contribution in [-0.4, -0.2) is 33.8 Å². The van der Waals surface area contributed by atoms with Gasteiger partial charge in [-0.1, -0.05) is 0 Å². The Morgan fingerprint density at radius 1 is 1.24 bits per heavy atom. The number of aromatic amines is 1. The van der Waals surface area contributed by atoms with Crippen LogP contribution in [0.1, 0.15) is 32.1 Å². The van der Waals surface area contributed by atoms with Crippen LogP contribution in [0.3, 0.4) is 0 Å². The first kappa shape index (κ1) is 14.9. The molecule has 4 heterocycles. The molecule has 1 saturated heterocycles. The molecule has 0 spiro atoms. The Morgan fingerprint density at radius 3 is 3.04 bits per heavy atom. The standard InChI is InChI=1S/C20H22N4O/c25-18(10-13-3-4-13)14-2-1-9-24(12-14)17-6-8-21-16-11-23-20-15(19(16)17)5-7-22-20/h5-8,11,13-14,21H,1-4,9-10,12H2/t14-/m1/s1. The van der Waals surface area contributed by atoms with Crippen LogP contribution in [0.15, 0.2) is 30.7 Å². The van der Waals surface area contributed by atoms with E-state index in [1.54, 1.807) is 0 Å². The van der Waals surface area contributed by atoms with Gasteiger partial charge in [0, 0.05) is 54.3 Å². The fraction of sp³-hybridized carbons (Fsp3) is 0.450. The van der Waals surface area contributed by atoms with Crippen molar-refractivity contribution in [2.75, 3.05) is 18.0 Å². The van der Waals surface area contributed by atoms with E-state index >= 15 is 0 Å². The van der Waals surface area contributed by atoms with Gasteiger partial charge in [-0.15, -0.1) is 0 Å². The number of hydrogen-bond acceptors (Lipinski definition) is 4. The van der Waals surface area contributed by atoms with E-state index in [0.717, 1.165) is 48.9 Å². The summed E-state index contributed by atoms with van der Waals surface area (Å²) in [5.74, 6) is 1.33. The number of Topliss-reactive ketones (excluding diaryl/α,β-unsaturated/α-hetero) is 1. The molecule has 0 unspecified atom stereocenters.